The van der Waals surface area contributed by atoms with Crippen molar-refractivity contribution >= 4 is 23.4 Å². The Morgan fingerprint density at radius 2 is 2.23 bits per heavy atom. The number of hydrogen-bond donors (Lipinski definition) is 0. The van der Waals surface area contributed by atoms with Crippen molar-refractivity contribution in [2.45, 2.75) is 43.9 Å². The van der Waals surface area contributed by atoms with Gasteiger partial charge in [-0.1, -0.05) is 19.1 Å². The molecule has 2 rings (SSSR count). The van der Waals surface area contributed by atoms with Gasteiger partial charge >= 0.3 is 0 Å². The van der Waals surface area contributed by atoms with Gasteiger partial charge in [-0.3, -0.25) is 14.9 Å². The van der Waals surface area contributed by atoms with E-state index in [1.54, 1.807) is 12.1 Å². The summed E-state index contributed by atoms with van der Waals surface area (Å²) < 4.78 is 0. The average Bonchev–Trinajstić information content (AvgIpc) is 2.95. The number of carbonyl (C=O) groups is 1. The monoisotopic (exact) mass is 322 g/mol. The molecule has 0 saturated heterocycles. The van der Waals surface area contributed by atoms with Crippen molar-refractivity contribution in [1.82, 2.24) is 4.90 Å². The maximum absolute atomic E-state index is 12.4. The van der Waals surface area contributed by atoms with Gasteiger partial charge in [0, 0.05) is 30.5 Å². The van der Waals surface area contributed by atoms with Gasteiger partial charge < -0.3 is 4.90 Å². The number of nitro benzene ring substituents is 1. The molecule has 1 fully saturated rings. The van der Waals surface area contributed by atoms with Crippen LogP contribution < -0.4 is 0 Å². The zero-order chi connectivity index (χ0) is 16.1. The first-order chi connectivity index (χ1) is 10.5. The fourth-order valence-corrected chi connectivity index (χ4v) is 4.07. The maximum atomic E-state index is 12.4. The van der Waals surface area contributed by atoms with E-state index in [1.807, 2.05) is 23.7 Å². The minimum absolute atomic E-state index is 0.0349. The molecule has 1 saturated carbocycles. The second-order valence-corrected chi connectivity index (χ2v) is 7.23. The molecule has 5 nitrogen and oxygen atoms in total. The zero-order valence-corrected chi connectivity index (χ0v) is 13.8. The second-order valence-electron chi connectivity index (χ2n) is 5.65. The van der Waals surface area contributed by atoms with Crippen LogP contribution in [0, 0.1) is 10.1 Å². The molecule has 0 heterocycles. The van der Waals surface area contributed by atoms with E-state index in [9.17, 15) is 14.9 Å². The van der Waals surface area contributed by atoms with Crippen molar-refractivity contribution in [3.05, 3.63) is 39.9 Å². The summed E-state index contributed by atoms with van der Waals surface area (Å²) in [5, 5.41) is 11.4. The molecule has 2 atom stereocenters. The fraction of sp³-hybridized carbons (Fsp3) is 0.562. The zero-order valence-electron chi connectivity index (χ0n) is 13.0. The molecule has 120 valence electrons. The second kappa shape index (κ2) is 7.63. The van der Waals surface area contributed by atoms with Gasteiger partial charge in [0.05, 0.1) is 11.3 Å². The molecule has 0 N–H and O–H groups in total. The van der Waals surface area contributed by atoms with Crippen molar-refractivity contribution in [3.8, 4) is 0 Å². The number of non-ortho nitro benzene ring substituents is 1. The van der Waals surface area contributed by atoms with E-state index >= 15 is 0 Å². The molecule has 1 amide bonds. The molecular weight excluding hydrogens is 300 g/mol. The molecular formula is C16H22N2O3S. The number of nitro groups is 1. The molecule has 0 aromatic heterocycles. The lowest BCUT2D eigenvalue weighted by atomic mass is 10.1. The van der Waals surface area contributed by atoms with Crippen molar-refractivity contribution in [1.29, 1.82) is 0 Å². The van der Waals surface area contributed by atoms with Crippen molar-refractivity contribution < 1.29 is 9.72 Å². The number of benzene rings is 1. The standard InChI is InChI=1S/C16H22N2O3S/c1-3-22-15-8-7-13(11-15)17(2)16(19)10-12-5-4-6-14(9-12)18(20)21/h4-6,9,13,15H,3,7-8,10-11H2,1-2H3/t13-,15+/m0/s1. The minimum Gasteiger partial charge on any atom is -0.342 e. The molecule has 0 radical (unpaired) electrons. The number of thioether (sulfide) groups is 1. The Balaban J connectivity index is 1.94. The molecule has 1 aliphatic carbocycles. The Kier molecular flexibility index (Phi) is 5.83. The Morgan fingerprint density at radius 3 is 2.91 bits per heavy atom. The van der Waals surface area contributed by atoms with E-state index in [0.717, 1.165) is 25.0 Å². The van der Waals surface area contributed by atoms with Gasteiger partial charge in [-0.25, -0.2) is 0 Å². The third-order valence-corrected chi connectivity index (χ3v) is 5.41. The summed E-state index contributed by atoms with van der Waals surface area (Å²) in [6, 6.07) is 6.63. The van der Waals surface area contributed by atoms with E-state index < -0.39 is 4.92 Å². The highest BCUT2D eigenvalue weighted by Gasteiger charge is 2.29. The van der Waals surface area contributed by atoms with Crippen LogP contribution in [-0.4, -0.2) is 39.8 Å². The number of nitrogens with zero attached hydrogens (tertiary/aromatic N) is 2. The number of amides is 1. The van der Waals surface area contributed by atoms with Gasteiger partial charge in [0.25, 0.3) is 5.69 Å². The first kappa shape index (κ1) is 16.8. The van der Waals surface area contributed by atoms with Crippen molar-refractivity contribution in [3.63, 3.8) is 0 Å². The van der Waals surface area contributed by atoms with Crippen molar-refractivity contribution in [2.24, 2.45) is 0 Å². The molecule has 0 bridgehead atoms. The van der Waals surface area contributed by atoms with Crippen molar-refractivity contribution in [2.75, 3.05) is 12.8 Å². The van der Waals surface area contributed by atoms with Crippen LogP contribution in [0.5, 0.6) is 0 Å². The molecule has 6 heteroatoms. The van der Waals surface area contributed by atoms with Gasteiger partial charge in [-0.05, 0) is 30.6 Å². The number of hydrogen-bond acceptors (Lipinski definition) is 4. The summed E-state index contributed by atoms with van der Waals surface area (Å²) in [5.41, 5.74) is 0.733. The van der Waals surface area contributed by atoms with Crippen LogP contribution in [0.15, 0.2) is 24.3 Å². The van der Waals surface area contributed by atoms with E-state index in [-0.39, 0.29) is 18.0 Å². The van der Waals surface area contributed by atoms with Gasteiger partial charge in [-0.15, -0.1) is 0 Å². The van der Waals surface area contributed by atoms with Gasteiger partial charge in [0.2, 0.25) is 5.91 Å². The van der Waals surface area contributed by atoms with Crippen LogP contribution >= 0.6 is 11.8 Å². The van der Waals surface area contributed by atoms with Crippen LogP contribution in [0.4, 0.5) is 5.69 Å². The van der Waals surface area contributed by atoms with Crippen LogP contribution in [0.2, 0.25) is 0 Å². The Labute approximate surface area is 135 Å². The number of rotatable bonds is 6. The SMILES string of the molecule is CCS[C@@H]1CC[C@H](N(C)C(=O)Cc2cccc([N+](=O)[O-])c2)C1. The summed E-state index contributed by atoms with van der Waals surface area (Å²) in [4.78, 5) is 24.6. The van der Waals surface area contributed by atoms with Crippen LogP contribution in [0.3, 0.4) is 0 Å². The van der Waals surface area contributed by atoms with E-state index in [2.05, 4.69) is 6.92 Å². The first-order valence-electron chi connectivity index (χ1n) is 7.61. The van der Waals surface area contributed by atoms with E-state index in [0.29, 0.717) is 16.9 Å². The predicted molar refractivity (Wildman–Crippen MR) is 89.1 cm³/mol. The third-order valence-electron chi connectivity index (χ3n) is 4.18. The van der Waals surface area contributed by atoms with Gasteiger partial charge in [-0.2, -0.15) is 11.8 Å². The highest BCUT2D eigenvalue weighted by atomic mass is 32.2. The Morgan fingerprint density at radius 1 is 1.45 bits per heavy atom. The maximum Gasteiger partial charge on any atom is 0.269 e. The average molecular weight is 322 g/mol. The van der Waals surface area contributed by atoms with Crippen LogP contribution in [0.1, 0.15) is 31.7 Å². The predicted octanol–water partition coefficient (Wildman–Crippen LogP) is 3.27. The smallest absolute Gasteiger partial charge is 0.269 e. The Bertz CT molecular complexity index is 550. The quantitative estimate of drug-likeness (QED) is 0.595. The topological polar surface area (TPSA) is 63.5 Å². The Hall–Kier alpha value is -1.56. The molecule has 1 aromatic rings. The summed E-state index contributed by atoms with van der Waals surface area (Å²) in [5.74, 6) is 1.15. The summed E-state index contributed by atoms with van der Waals surface area (Å²) in [7, 11) is 1.85. The first-order valence-corrected chi connectivity index (χ1v) is 8.66. The van der Waals surface area contributed by atoms with E-state index in [1.165, 1.54) is 12.1 Å². The molecule has 1 aliphatic rings. The highest BCUT2D eigenvalue weighted by Crippen LogP contribution is 2.32. The number of carbonyl (C=O) groups excluding carboxylic acids is 1. The summed E-state index contributed by atoms with van der Waals surface area (Å²) in [6.45, 7) is 2.16. The van der Waals surface area contributed by atoms with Crippen LogP contribution in [-0.2, 0) is 11.2 Å². The molecule has 0 aliphatic heterocycles. The molecule has 22 heavy (non-hydrogen) atoms. The van der Waals surface area contributed by atoms with Gasteiger partial charge in [0.1, 0.15) is 0 Å². The summed E-state index contributed by atoms with van der Waals surface area (Å²) >= 11 is 1.97. The number of likely N-dealkylation sites (N-methyl/N-ethyl adjacent to an activating group) is 1. The molecule has 0 spiro atoms. The lowest BCUT2D eigenvalue weighted by Crippen LogP contribution is -2.36. The minimum atomic E-state index is -0.429. The lowest BCUT2D eigenvalue weighted by molar-refractivity contribution is -0.384. The molecule has 1 aromatic carbocycles. The lowest BCUT2D eigenvalue weighted by Gasteiger charge is -2.24. The highest BCUT2D eigenvalue weighted by molar-refractivity contribution is 7.99. The fourth-order valence-electron chi connectivity index (χ4n) is 2.94. The van der Waals surface area contributed by atoms with Crippen LogP contribution in [0.25, 0.3) is 0 Å². The largest absolute Gasteiger partial charge is 0.342 e. The normalized spacial score (nSPS) is 20.8. The molecule has 0 unspecified atom stereocenters. The summed E-state index contributed by atoms with van der Waals surface area (Å²) in [6.07, 6.45) is 3.49. The van der Waals surface area contributed by atoms with E-state index in [4.69, 9.17) is 0 Å². The third kappa shape index (κ3) is 4.22. The van der Waals surface area contributed by atoms with Gasteiger partial charge in [0.15, 0.2) is 0 Å².